The maximum absolute atomic E-state index is 6.43. The maximum atomic E-state index is 6.43. The molecule has 1 aromatic carbocycles. The predicted molar refractivity (Wildman–Crippen MR) is 131 cm³/mol. The van der Waals surface area contributed by atoms with Crippen LogP contribution in [-0.4, -0.2) is 70.2 Å². The molecule has 0 spiro atoms. The lowest BCUT2D eigenvalue weighted by Gasteiger charge is -2.46. The minimum atomic E-state index is 0.319. The molecule has 1 aliphatic heterocycles. The van der Waals surface area contributed by atoms with Crippen LogP contribution in [0.15, 0.2) is 24.3 Å². The van der Waals surface area contributed by atoms with Crippen LogP contribution in [0.3, 0.4) is 0 Å². The van der Waals surface area contributed by atoms with E-state index in [1.165, 1.54) is 19.3 Å². The summed E-state index contributed by atoms with van der Waals surface area (Å²) in [5.74, 6) is 0.833. The highest BCUT2D eigenvalue weighted by Crippen LogP contribution is 2.46. The van der Waals surface area contributed by atoms with Crippen molar-refractivity contribution in [1.82, 2.24) is 10.2 Å². The van der Waals surface area contributed by atoms with Gasteiger partial charge in [-0.25, -0.2) is 0 Å². The van der Waals surface area contributed by atoms with E-state index in [4.69, 9.17) is 19.9 Å². The molecule has 1 heterocycles. The van der Waals surface area contributed by atoms with E-state index in [1.807, 2.05) is 24.3 Å². The van der Waals surface area contributed by atoms with Gasteiger partial charge in [0.25, 0.3) is 0 Å². The summed E-state index contributed by atoms with van der Waals surface area (Å²) in [7, 11) is 2.06. The van der Waals surface area contributed by atoms with Gasteiger partial charge in [0, 0.05) is 24.8 Å². The van der Waals surface area contributed by atoms with E-state index in [2.05, 4.69) is 38.0 Å². The third kappa shape index (κ3) is 7.91. The molecule has 1 aromatic rings. The molecule has 3 atom stereocenters. The summed E-state index contributed by atoms with van der Waals surface area (Å²) in [6.07, 6.45) is 6.38. The number of anilines is 1. The van der Waals surface area contributed by atoms with E-state index in [1.54, 1.807) is 0 Å². The lowest BCUT2D eigenvalue weighted by Crippen LogP contribution is -2.44. The number of likely N-dealkylation sites (tertiary alicyclic amines) is 1. The topological polar surface area (TPSA) is 69.0 Å². The number of nitrogens with one attached hydrogen (secondary N) is 1. The predicted octanol–water partition coefficient (Wildman–Crippen LogP) is 3.95. The molecule has 3 N–H and O–H groups in total. The molecule has 0 aromatic heterocycles. The number of hydrogen-bond donors (Lipinski definition) is 2. The van der Waals surface area contributed by atoms with Crippen LogP contribution < -0.4 is 15.8 Å². The first kappa shape index (κ1) is 25.3. The molecule has 1 saturated carbocycles. The highest BCUT2D eigenvalue weighted by molar-refractivity contribution is 5.41. The Morgan fingerprint density at radius 2 is 1.88 bits per heavy atom. The zero-order chi connectivity index (χ0) is 23.0. The third-order valence-electron chi connectivity index (χ3n) is 6.93. The highest BCUT2D eigenvalue weighted by atomic mass is 16.5. The van der Waals surface area contributed by atoms with Crippen molar-refractivity contribution in [2.75, 3.05) is 58.8 Å². The molecule has 2 aliphatic rings. The molecule has 3 rings (SSSR count). The largest absolute Gasteiger partial charge is 0.491 e. The van der Waals surface area contributed by atoms with Crippen molar-refractivity contribution in [3.05, 3.63) is 24.3 Å². The van der Waals surface area contributed by atoms with Crippen molar-refractivity contribution in [2.24, 2.45) is 10.8 Å². The Morgan fingerprint density at radius 1 is 1.09 bits per heavy atom. The van der Waals surface area contributed by atoms with Gasteiger partial charge in [-0.05, 0) is 80.8 Å². The molecule has 1 saturated heterocycles. The van der Waals surface area contributed by atoms with Crippen molar-refractivity contribution in [3.63, 3.8) is 0 Å². The van der Waals surface area contributed by atoms with E-state index in [0.717, 1.165) is 57.1 Å². The zero-order valence-corrected chi connectivity index (χ0v) is 20.7. The number of rotatable bonds is 12. The number of nitrogens with two attached hydrogens (primary N) is 1. The smallest absolute Gasteiger partial charge is 0.119 e. The van der Waals surface area contributed by atoms with Gasteiger partial charge in [-0.2, -0.15) is 0 Å². The molecule has 1 aliphatic carbocycles. The summed E-state index contributed by atoms with van der Waals surface area (Å²) in [4.78, 5) is 2.54. The molecular weight excluding hydrogens is 402 g/mol. The Balaban J connectivity index is 1.33. The SMILES string of the molecule is CNCC1(C)CC(OCCN2CCCC2COCCOc2ccc(N)cc2)CC(C)(C)C1. The van der Waals surface area contributed by atoms with Gasteiger partial charge in [0.15, 0.2) is 0 Å². The van der Waals surface area contributed by atoms with Gasteiger partial charge in [-0.3, -0.25) is 4.90 Å². The number of nitrogens with zero attached hydrogens (tertiary/aromatic N) is 1. The maximum Gasteiger partial charge on any atom is 0.119 e. The van der Waals surface area contributed by atoms with Crippen LogP contribution in [-0.2, 0) is 9.47 Å². The molecule has 0 radical (unpaired) electrons. The Labute approximate surface area is 195 Å². The summed E-state index contributed by atoms with van der Waals surface area (Å²) < 4.78 is 18.1. The van der Waals surface area contributed by atoms with Gasteiger partial charge >= 0.3 is 0 Å². The number of benzene rings is 1. The van der Waals surface area contributed by atoms with Crippen molar-refractivity contribution >= 4 is 5.69 Å². The Bertz CT molecular complexity index is 681. The molecule has 6 heteroatoms. The van der Waals surface area contributed by atoms with Crippen LogP contribution >= 0.6 is 0 Å². The molecule has 2 fully saturated rings. The summed E-state index contributed by atoms with van der Waals surface area (Å²) in [5.41, 5.74) is 7.11. The van der Waals surface area contributed by atoms with Crippen molar-refractivity contribution in [1.29, 1.82) is 0 Å². The quantitative estimate of drug-likeness (QED) is 0.374. The summed E-state index contributed by atoms with van der Waals surface area (Å²) >= 11 is 0. The summed E-state index contributed by atoms with van der Waals surface area (Å²) in [6.45, 7) is 13.1. The number of nitrogen functional groups attached to an aromatic ring is 1. The van der Waals surface area contributed by atoms with Gasteiger partial charge in [0.05, 0.1) is 25.9 Å². The van der Waals surface area contributed by atoms with Gasteiger partial charge in [0.1, 0.15) is 12.4 Å². The third-order valence-corrected chi connectivity index (χ3v) is 6.93. The van der Waals surface area contributed by atoms with Gasteiger partial charge in [-0.15, -0.1) is 0 Å². The lowest BCUT2D eigenvalue weighted by molar-refractivity contribution is -0.0598. The van der Waals surface area contributed by atoms with Crippen molar-refractivity contribution in [3.8, 4) is 5.75 Å². The van der Waals surface area contributed by atoms with Crippen LogP contribution in [0.2, 0.25) is 0 Å². The second-order valence-electron chi connectivity index (χ2n) is 10.9. The average molecular weight is 448 g/mol. The second kappa shape index (κ2) is 11.7. The molecule has 0 amide bonds. The van der Waals surface area contributed by atoms with E-state index < -0.39 is 0 Å². The van der Waals surface area contributed by atoms with Crippen molar-refractivity contribution < 1.29 is 14.2 Å². The zero-order valence-electron chi connectivity index (χ0n) is 20.7. The molecule has 32 heavy (non-hydrogen) atoms. The van der Waals surface area contributed by atoms with E-state index in [0.29, 0.717) is 36.2 Å². The standard InChI is InChI=1S/C26H45N3O3/c1-25(2)16-24(17-26(3,19-25)20-28-4)31-13-12-29-11-5-6-22(29)18-30-14-15-32-23-9-7-21(27)8-10-23/h7-10,22,24,28H,5-6,11-20,27H2,1-4H3. The van der Waals surface area contributed by atoms with Crippen molar-refractivity contribution in [2.45, 2.75) is 65.0 Å². The minimum absolute atomic E-state index is 0.319. The number of ether oxygens (including phenoxy) is 3. The highest BCUT2D eigenvalue weighted by Gasteiger charge is 2.41. The molecule has 0 bridgehead atoms. The normalized spacial score (nSPS) is 28.1. The van der Waals surface area contributed by atoms with Crippen LogP contribution in [0, 0.1) is 10.8 Å². The first-order chi connectivity index (χ1) is 15.3. The summed E-state index contributed by atoms with van der Waals surface area (Å²) in [6, 6.07) is 7.98. The Kier molecular flexibility index (Phi) is 9.23. The molecule has 3 unspecified atom stereocenters. The van der Waals surface area contributed by atoms with Crippen LogP contribution in [0.25, 0.3) is 0 Å². The molecule has 6 nitrogen and oxygen atoms in total. The fourth-order valence-electron chi connectivity index (χ4n) is 5.93. The number of hydrogen-bond acceptors (Lipinski definition) is 6. The average Bonchev–Trinajstić information content (AvgIpc) is 3.15. The fourth-order valence-corrected chi connectivity index (χ4v) is 5.93. The molecular formula is C26H45N3O3. The summed E-state index contributed by atoms with van der Waals surface area (Å²) in [5, 5.41) is 3.39. The van der Waals surface area contributed by atoms with Crippen LogP contribution in [0.1, 0.15) is 52.9 Å². The fraction of sp³-hybridized carbons (Fsp3) is 0.769. The van der Waals surface area contributed by atoms with Gasteiger partial charge < -0.3 is 25.3 Å². The first-order valence-electron chi connectivity index (χ1n) is 12.3. The minimum Gasteiger partial charge on any atom is -0.491 e. The first-order valence-corrected chi connectivity index (χ1v) is 12.3. The van der Waals surface area contributed by atoms with E-state index >= 15 is 0 Å². The van der Waals surface area contributed by atoms with Crippen LogP contribution in [0.5, 0.6) is 5.75 Å². The lowest BCUT2D eigenvalue weighted by atomic mass is 9.63. The van der Waals surface area contributed by atoms with Crippen LogP contribution in [0.4, 0.5) is 5.69 Å². The van der Waals surface area contributed by atoms with E-state index in [-0.39, 0.29) is 0 Å². The van der Waals surface area contributed by atoms with E-state index in [9.17, 15) is 0 Å². The van der Waals surface area contributed by atoms with Gasteiger partial charge in [-0.1, -0.05) is 20.8 Å². The molecule has 182 valence electrons. The Hall–Kier alpha value is -1.34. The Morgan fingerprint density at radius 3 is 2.62 bits per heavy atom. The second-order valence-corrected chi connectivity index (χ2v) is 10.9. The monoisotopic (exact) mass is 447 g/mol. The van der Waals surface area contributed by atoms with Gasteiger partial charge in [0.2, 0.25) is 0 Å².